The van der Waals surface area contributed by atoms with Crippen LogP contribution in [0.3, 0.4) is 0 Å². The Kier molecular flexibility index (Phi) is 11.3. The lowest BCUT2D eigenvalue weighted by atomic mass is 9.88. The van der Waals surface area contributed by atoms with Crippen LogP contribution in [0.2, 0.25) is 5.04 Å². The standard InChI is InChI=1S/C41H55N3O5Si/c1-41(2,3)50(33-12-8-6-9-13-33,34-14-10-7-11-15-34)49-32-19-16-31(17-20-32)29-47-38-23-21-35-37(42-48-39(35)36(38)28-43(4)5)22-18-30-24-26-44(27-25-30)40(45)46/h6-15,21,23,30-32H,16-20,22,24-29H2,1-5H3,(H,45,46)/t31-,32+. The van der Waals surface area contributed by atoms with Gasteiger partial charge in [0.2, 0.25) is 0 Å². The lowest BCUT2D eigenvalue weighted by Gasteiger charge is -2.46. The highest BCUT2D eigenvalue weighted by Gasteiger charge is 2.51. The van der Waals surface area contributed by atoms with Crippen molar-refractivity contribution < 1.29 is 23.6 Å². The van der Waals surface area contributed by atoms with E-state index >= 15 is 0 Å². The predicted molar refractivity (Wildman–Crippen MR) is 202 cm³/mol. The first-order valence-corrected chi connectivity index (χ1v) is 20.4. The van der Waals surface area contributed by atoms with Crippen molar-refractivity contribution >= 4 is 35.8 Å². The lowest BCUT2D eigenvalue weighted by Crippen LogP contribution is -2.67. The van der Waals surface area contributed by atoms with E-state index in [1.807, 2.05) is 0 Å². The van der Waals surface area contributed by atoms with Crippen molar-refractivity contribution in [3.63, 3.8) is 0 Å². The molecule has 0 bridgehead atoms. The number of hydrogen-bond acceptors (Lipinski definition) is 6. The van der Waals surface area contributed by atoms with Gasteiger partial charge in [0.15, 0.2) is 5.58 Å². The van der Waals surface area contributed by atoms with Gasteiger partial charge in [-0.3, -0.25) is 0 Å². The van der Waals surface area contributed by atoms with Gasteiger partial charge in [-0.05, 0) is 105 Å². The fourth-order valence-electron chi connectivity index (χ4n) is 8.19. The summed E-state index contributed by atoms with van der Waals surface area (Å²) in [6.45, 7) is 9.66. The minimum Gasteiger partial charge on any atom is -0.493 e. The SMILES string of the molecule is CN(C)Cc1c(OC[C@H]2CC[C@@H](O[Si](c3ccccc3)(c3ccccc3)C(C)(C)C)CC2)ccc2c(CCC3CCN(C(=O)O)CC3)noc12. The number of likely N-dealkylation sites (tertiary alicyclic amines) is 1. The molecule has 0 radical (unpaired) electrons. The number of rotatable bonds is 12. The first kappa shape index (κ1) is 36.1. The van der Waals surface area contributed by atoms with Gasteiger partial charge in [0, 0.05) is 31.1 Å². The molecule has 2 aliphatic rings. The molecule has 2 heterocycles. The predicted octanol–water partition coefficient (Wildman–Crippen LogP) is 7.73. The van der Waals surface area contributed by atoms with Gasteiger partial charge in [0.05, 0.1) is 17.9 Å². The lowest BCUT2D eigenvalue weighted by molar-refractivity contribution is 0.102. The molecule has 1 amide bonds. The molecule has 1 N–H and O–H groups in total. The summed E-state index contributed by atoms with van der Waals surface area (Å²) in [4.78, 5) is 15.0. The van der Waals surface area contributed by atoms with Crippen molar-refractivity contribution in [2.75, 3.05) is 33.8 Å². The number of aromatic nitrogens is 1. The number of ether oxygens (including phenoxy) is 1. The number of benzene rings is 3. The minimum absolute atomic E-state index is 0.0302. The number of carbonyl (C=O) groups is 1. The highest BCUT2D eigenvalue weighted by molar-refractivity contribution is 6.99. The van der Waals surface area contributed by atoms with E-state index in [1.165, 1.54) is 15.3 Å². The Balaban J connectivity index is 1.10. The van der Waals surface area contributed by atoms with Crippen LogP contribution in [-0.2, 0) is 17.4 Å². The third-order valence-corrected chi connectivity index (χ3v) is 16.0. The minimum atomic E-state index is -2.58. The highest BCUT2D eigenvalue weighted by Crippen LogP contribution is 2.40. The average molecular weight is 698 g/mol. The number of fused-ring (bicyclic) bond motifs is 1. The normalized spacial score (nSPS) is 19.3. The molecule has 1 aliphatic heterocycles. The molecule has 8 nitrogen and oxygen atoms in total. The van der Waals surface area contributed by atoms with Crippen LogP contribution >= 0.6 is 0 Å². The summed E-state index contributed by atoms with van der Waals surface area (Å²) < 4.78 is 20.1. The Morgan fingerprint density at radius 3 is 2.08 bits per heavy atom. The van der Waals surface area contributed by atoms with Crippen molar-refractivity contribution in [2.45, 2.75) is 89.8 Å². The summed E-state index contributed by atoms with van der Waals surface area (Å²) in [5.41, 5.74) is 2.84. The third kappa shape index (κ3) is 7.95. The smallest absolute Gasteiger partial charge is 0.407 e. The third-order valence-electron chi connectivity index (χ3n) is 11.0. The van der Waals surface area contributed by atoms with Crippen LogP contribution in [0.5, 0.6) is 5.75 Å². The quantitative estimate of drug-likeness (QED) is 0.152. The highest BCUT2D eigenvalue weighted by atomic mass is 28.4. The fraction of sp³-hybridized carbons (Fsp3) is 0.512. The van der Waals surface area contributed by atoms with Gasteiger partial charge < -0.3 is 28.6 Å². The Morgan fingerprint density at radius 1 is 0.900 bits per heavy atom. The molecule has 6 rings (SSSR count). The van der Waals surface area contributed by atoms with Gasteiger partial charge in [-0.15, -0.1) is 0 Å². The number of amides is 1. The Labute approximate surface area is 298 Å². The van der Waals surface area contributed by atoms with E-state index in [4.69, 9.17) is 13.7 Å². The van der Waals surface area contributed by atoms with Gasteiger partial charge in [0.1, 0.15) is 5.75 Å². The van der Waals surface area contributed by atoms with E-state index in [2.05, 4.69) is 118 Å². The summed E-state index contributed by atoms with van der Waals surface area (Å²) in [7, 11) is 1.56. The second kappa shape index (κ2) is 15.7. The van der Waals surface area contributed by atoms with Crippen LogP contribution in [0.15, 0.2) is 77.3 Å². The maximum atomic E-state index is 11.3. The first-order chi connectivity index (χ1) is 24.0. The van der Waals surface area contributed by atoms with Crippen LogP contribution < -0.4 is 15.1 Å². The van der Waals surface area contributed by atoms with Crippen LogP contribution in [0.4, 0.5) is 4.79 Å². The molecule has 4 aromatic rings. The van der Waals surface area contributed by atoms with Crippen LogP contribution in [0.1, 0.15) is 77.0 Å². The van der Waals surface area contributed by atoms with Crippen molar-refractivity contribution in [1.82, 2.24) is 15.0 Å². The maximum Gasteiger partial charge on any atom is 0.407 e. The van der Waals surface area contributed by atoms with Gasteiger partial charge in [-0.1, -0.05) is 86.6 Å². The summed E-state index contributed by atoms with van der Waals surface area (Å²) in [5.74, 6) is 1.85. The summed E-state index contributed by atoms with van der Waals surface area (Å²) in [5, 5.41) is 17.5. The van der Waals surface area contributed by atoms with Crippen LogP contribution in [0.25, 0.3) is 11.0 Å². The molecule has 1 saturated heterocycles. The van der Waals surface area contributed by atoms with E-state index in [9.17, 15) is 9.90 Å². The number of piperidine rings is 1. The zero-order chi connectivity index (χ0) is 35.3. The molecule has 1 aromatic heterocycles. The van der Waals surface area contributed by atoms with E-state index in [0.29, 0.717) is 38.1 Å². The van der Waals surface area contributed by atoms with E-state index < -0.39 is 14.4 Å². The molecule has 268 valence electrons. The zero-order valence-electron chi connectivity index (χ0n) is 30.6. The summed E-state index contributed by atoms with van der Waals surface area (Å²) in [6, 6.07) is 26.1. The van der Waals surface area contributed by atoms with Crippen molar-refractivity contribution in [3.8, 4) is 5.75 Å². The molecular weight excluding hydrogens is 643 g/mol. The Morgan fingerprint density at radius 2 is 1.52 bits per heavy atom. The molecule has 0 atom stereocenters. The largest absolute Gasteiger partial charge is 0.493 e. The molecule has 1 aliphatic carbocycles. The molecule has 0 spiro atoms. The summed E-state index contributed by atoms with van der Waals surface area (Å²) >= 11 is 0. The van der Waals surface area contributed by atoms with E-state index in [1.54, 1.807) is 0 Å². The van der Waals surface area contributed by atoms with Gasteiger partial charge in [-0.25, -0.2) is 4.79 Å². The molecule has 50 heavy (non-hydrogen) atoms. The number of nitrogens with zero attached hydrogens (tertiary/aromatic N) is 3. The van der Waals surface area contributed by atoms with E-state index in [0.717, 1.165) is 79.3 Å². The van der Waals surface area contributed by atoms with E-state index in [-0.39, 0.29) is 11.1 Å². The zero-order valence-corrected chi connectivity index (χ0v) is 31.6. The van der Waals surface area contributed by atoms with Crippen LogP contribution in [0, 0.1) is 11.8 Å². The van der Waals surface area contributed by atoms with Crippen molar-refractivity contribution in [1.29, 1.82) is 0 Å². The van der Waals surface area contributed by atoms with Gasteiger partial charge in [-0.2, -0.15) is 0 Å². The van der Waals surface area contributed by atoms with Crippen LogP contribution in [-0.4, -0.2) is 74.4 Å². The Hall–Kier alpha value is -3.66. The molecule has 0 unspecified atom stereocenters. The van der Waals surface area contributed by atoms with Crippen molar-refractivity contribution in [2.24, 2.45) is 11.8 Å². The maximum absolute atomic E-state index is 11.3. The number of carboxylic acid groups (broad SMARTS) is 1. The number of hydrogen-bond donors (Lipinski definition) is 1. The summed E-state index contributed by atoms with van der Waals surface area (Å²) in [6.07, 6.45) is 7.23. The molecule has 1 saturated carbocycles. The average Bonchev–Trinajstić information content (AvgIpc) is 3.53. The van der Waals surface area contributed by atoms with Gasteiger partial charge >= 0.3 is 6.09 Å². The fourth-order valence-corrected chi connectivity index (χ4v) is 12.9. The second-order valence-electron chi connectivity index (χ2n) is 15.8. The molecule has 2 fully saturated rings. The number of aryl methyl sites for hydroxylation is 1. The molecule has 3 aromatic carbocycles. The molecule has 9 heteroatoms. The first-order valence-electron chi connectivity index (χ1n) is 18.5. The van der Waals surface area contributed by atoms with Crippen molar-refractivity contribution in [3.05, 3.63) is 84.1 Å². The second-order valence-corrected chi connectivity index (χ2v) is 20.0. The molecular formula is C41H55N3O5Si. The van der Waals surface area contributed by atoms with Gasteiger partial charge in [0.25, 0.3) is 8.32 Å². The topological polar surface area (TPSA) is 88.3 Å². The monoisotopic (exact) mass is 697 g/mol. The Bertz CT molecular complexity index is 1650.